The van der Waals surface area contributed by atoms with Crippen LogP contribution in [0.25, 0.3) is 0 Å². The molecular formula is C16H27N3O3Si. The molecule has 1 fully saturated rings. The Bertz CT molecular complexity index is 591. The maximum Gasteiger partial charge on any atom is 0.295 e. The second-order valence-corrected chi connectivity index (χ2v) is 12.8. The molecule has 0 amide bonds. The predicted octanol–water partition coefficient (Wildman–Crippen LogP) is 1.90. The van der Waals surface area contributed by atoms with Crippen molar-refractivity contribution in [1.82, 2.24) is 9.55 Å². The van der Waals surface area contributed by atoms with Crippen molar-refractivity contribution >= 4 is 20.2 Å². The fourth-order valence-electron chi connectivity index (χ4n) is 2.28. The number of anilines is 1. The van der Waals surface area contributed by atoms with Crippen molar-refractivity contribution in [3.63, 3.8) is 0 Å². The van der Waals surface area contributed by atoms with E-state index >= 15 is 0 Å². The molecule has 2 heterocycles. The van der Waals surface area contributed by atoms with E-state index in [1.165, 1.54) is 0 Å². The van der Waals surface area contributed by atoms with Gasteiger partial charge >= 0.3 is 0 Å². The third kappa shape index (κ3) is 5.28. The van der Waals surface area contributed by atoms with Gasteiger partial charge in [0.15, 0.2) is 5.82 Å². The van der Waals surface area contributed by atoms with Crippen LogP contribution in [0.1, 0.15) is 18.5 Å². The van der Waals surface area contributed by atoms with Gasteiger partial charge in [-0.25, -0.2) is 4.98 Å². The number of hydrogen-bond donors (Lipinski definition) is 0. The Morgan fingerprint density at radius 1 is 1.35 bits per heavy atom. The van der Waals surface area contributed by atoms with E-state index in [9.17, 15) is 9.59 Å². The Hall–Kier alpha value is -1.47. The van der Waals surface area contributed by atoms with E-state index in [2.05, 4.69) is 24.6 Å². The number of aromatic nitrogens is 2. The van der Waals surface area contributed by atoms with Crippen molar-refractivity contribution in [1.29, 1.82) is 0 Å². The molecule has 0 saturated carbocycles. The molecule has 1 aromatic rings. The monoisotopic (exact) mass is 337 g/mol. The van der Waals surface area contributed by atoms with Gasteiger partial charge < -0.3 is 14.4 Å². The minimum Gasteiger partial charge on any atom is -0.361 e. The largest absolute Gasteiger partial charge is 0.361 e. The molecule has 23 heavy (non-hydrogen) atoms. The van der Waals surface area contributed by atoms with Crippen molar-refractivity contribution in [2.75, 3.05) is 24.6 Å². The number of aryl methyl sites for hydroxylation is 1. The first-order chi connectivity index (χ1) is 10.9. The summed E-state index contributed by atoms with van der Waals surface area (Å²) in [6.45, 7) is 9.57. The standard InChI is InChI=1S/C16H27N3O3Si/c1-23(2,3)11-10-22-13-19-12-14(6-4-9-20)17-15(16(19)21)18-7-5-8-18/h9,12H,4-8,10-11,13H2,1-3H3. The average Bonchev–Trinajstić information content (AvgIpc) is 2.42. The summed E-state index contributed by atoms with van der Waals surface area (Å²) < 4.78 is 7.29. The fourth-order valence-corrected chi connectivity index (χ4v) is 3.03. The highest BCUT2D eigenvalue weighted by Crippen LogP contribution is 2.15. The lowest BCUT2D eigenvalue weighted by Crippen LogP contribution is -2.43. The van der Waals surface area contributed by atoms with Gasteiger partial charge in [-0.05, 0) is 18.9 Å². The summed E-state index contributed by atoms with van der Waals surface area (Å²) in [7, 11) is -1.13. The summed E-state index contributed by atoms with van der Waals surface area (Å²) in [4.78, 5) is 29.6. The molecule has 7 heteroatoms. The summed E-state index contributed by atoms with van der Waals surface area (Å²) in [5.41, 5.74) is 0.667. The highest BCUT2D eigenvalue weighted by molar-refractivity contribution is 6.76. The molecule has 6 nitrogen and oxygen atoms in total. The molecule has 0 atom stereocenters. The summed E-state index contributed by atoms with van der Waals surface area (Å²) in [6, 6.07) is 1.07. The van der Waals surface area contributed by atoms with Crippen LogP contribution in [-0.4, -0.2) is 43.6 Å². The maximum absolute atomic E-state index is 12.5. The van der Waals surface area contributed by atoms with Gasteiger partial charge in [-0.3, -0.25) is 9.36 Å². The summed E-state index contributed by atoms with van der Waals surface area (Å²) in [5, 5.41) is 0. The molecule has 0 aromatic carbocycles. The van der Waals surface area contributed by atoms with E-state index in [0.29, 0.717) is 25.3 Å². The third-order valence-electron chi connectivity index (χ3n) is 3.91. The van der Waals surface area contributed by atoms with Crippen molar-refractivity contribution in [3.05, 3.63) is 22.2 Å². The molecule has 0 bridgehead atoms. The van der Waals surface area contributed by atoms with Gasteiger partial charge in [-0.15, -0.1) is 0 Å². The second kappa shape index (κ2) is 7.87. The lowest BCUT2D eigenvalue weighted by molar-refractivity contribution is -0.107. The average molecular weight is 337 g/mol. The van der Waals surface area contributed by atoms with E-state index < -0.39 is 8.07 Å². The molecule has 0 radical (unpaired) electrons. The molecule has 0 unspecified atom stereocenters. The van der Waals surface area contributed by atoms with E-state index in [1.54, 1.807) is 10.8 Å². The summed E-state index contributed by atoms with van der Waals surface area (Å²) in [5.74, 6) is 0.494. The third-order valence-corrected chi connectivity index (χ3v) is 5.61. The summed E-state index contributed by atoms with van der Waals surface area (Å²) in [6.07, 6.45) is 4.67. The first kappa shape index (κ1) is 17.9. The highest BCUT2D eigenvalue weighted by Gasteiger charge is 2.21. The fraction of sp³-hybridized carbons (Fsp3) is 0.688. The van der Waals surface area contributed by atoms with Crippen molar-refractivity contribution in [3.8, 4) is 0 Å². The number of carbonyl (C=O) groups excluding carboxylic acids is 1. The lowest BCUT2D eigenvalue weighted by Gasteiger charge is -2.31. The van der Waals surface area contributed by atoms with Crippen molar-refractivity contribution in [2.24, 2.45) is 0 Å². The summed E-state index contributed by atoms with van der Waals surface area (Å²) >= 11 is 0. The Kier molecular flexibility index (Phi) is 6.12. The maximum atomic E-state index is 12.5. The van der Waals surface area contributed by atoms with Gasteiger partial charge in [0.05, 0.1) is 5.69 Å². The number of rotatable bonds is 9. The van der Waals surface area contributed by atoms with Gasteiger partial charge in [0.25, 0.3) is 5.56 Å². The van der Waals surface area contributed by atoms with Crippen molar-refractivity contribution < 1.29 is 9.53 Å². The molecule has 0 aliphatic carbocycles. The first-order valence-corrected chi connectivity index (χ1v) is 12.0. The number of carbonyl (C=O) groups is 1. The second-order valence-electron chi connectivity index (χ2n) is 7.22. The van der Waals surface area contributed by atoms with Crippen LogP contribution in [0.3, 0.4) is 0 Å². The van der Waals surface area contributed by atoms with Crippen LogP contribution in [0, 0.1) is 0 Å². The number of hydrogen-bond acceptors (Lipinski definition) is 5. The lowest BCUT2D eigenvalue weighted by atomic mass is 10.2. The molecular weight excluding hydrogens is 310 g/mol. The quantitative estimate of drug-likeness (QED) is 0.391. The normalized spacial score (nSPS) is 14.7. The van der Waals surface area contributed by atoms with E-state index in [0.717, 1.165) is 37.5 Å². The number of ether oxygens (including phenoxy) is 1. The number of nitrogens with zero attached hydrogens (tertiary/aromatic N) is 3. The van der Waals surface area contributed by atoms with Gasteiger partial charge in [0, 0.05) is 40.4 Å². The minimum absolute atomic E-state index is 0.104. The zero-order chi connectivity index (χ0) is 16.9. The molecule has 1 saturated heterocycles. The molecule has 1 aliphatic rings. The van der Waals surface area contributed by atoms with Crippen LogP contribution < -0.4 is 10.5 Å². The van der Waals surface area contributed by atoms with Crippen LogP contribution in [-0.2, 0) is 22.7 Å². The Morgan fingerprint density at radius 3 is 2.65 bits per heavy atom. The molecule has 128 valence electrons. The van der Waals surface area contributed by atoms with Gasteiger partial charge in [-0.1, -0.05) is 19.6 Å². The Labute approximate surface area is 138 Å². The SMILES string of the molecule is C[Si](C)(C)CCOCn1cc(CCC=O)nc(N2CCC2)c1=O. The molecule has 1 aliphatic heterocycles. The van der Waals surface area contributed by atoms with E-state index in [4.69, 9.17) is 4.74 Å². The van der Waals surface area contributed by atoms with Gasteiger partial charge in [-0.2, -0.15) is 0 Å². The number of aldehydes is 1. The Morgan fingerprint density at radius 2 is 2.09 bits per heavy atom. The highest BCUT2D eigenvalue weighted by atomic mass is 28.3. The van der Waals surface area contributed by atoms with E-state index in [-0.39, 0.29) is 12.3 Å². The van der Waals surface area contributed by atoms with Crippen LogP contribution in [0.2, 0.25) is 25.7 Å². The Balaban J connectivity index is 2.09. The van der Waals surface area contributed by atoms with Gasteiger partial charge in [0.1, 0.15) is 13.0 Å². The smallest absolute Gasteiger partial charge is 0.295 e. The van der Waals surface area contributed by atoms with Crippen LogP contribution >= 0.6 is 0 Å². The van der Waals surface area contributed by atoms with Crippen LogP contribution in [0.5, 0.6) is 0 Å². The predicted molar refractivity (Wildman–Crippen MR) is 93.8 cm³/mol. The molecule has 0 N–H and O–H groups in total. The van der Waals surface area contributed by atoms with Crippen molar-refractivity contribution in [2.45, 2.75) is 51.7 Å². The molecule has 1 aromatic heterocycles. The zero-order valence-electron chi connectivity index (χ0n) is 14.4. The molecule has 0 spiro atoms. The van der Waals surface area contributed by atoms with E-state index in [1.807, 2.05) is 4.90 Å². The van der Waals surface area contributed by atoms with Crippen LogP contribution in [0.4, 0.5) is 5.82 Å². The zero-order valence-corrected chi connectivity index (χ0v) is 15.4. The molecule has 2 rings (SSSR count). The first-order valence-electron chi connectivity index (χ1n) is 8.27. The minimum atomic E-state index is -1.13. The van der Waals surface area contributed by atoms with Gasteiger partial charge in [0.2, 0.25) is 0 Å². The van der Waals surface area contributed by atoms with Crippen LogP contribution in [0.15, 0.2) is 11.0 Å². The topological polar surface area (TPSA) is 64.4 Å².